The average molecular weight is 296 g/mol. The SMILES string of the molecule is [CH2-]c1cccc(-c2cnc(F)c(C)c2)c1.[Mo]. The fourth-order valence-electron chi connectivity index (χ4n) is 1.47. The van der Waals surface area contributed by atoms with Crippen molar-refractivity contribution in [3.8, 4) is 11.1 Å². The van der Waals surface area contributed by atoms with Crippen molar-refractivity contribution in [1.29, 1.82) is 0 Å². The van der Waals surface area contributed by atoms with Crippen LogP contribution in [0.1, 0.15) is 11.1 Å². The van der Waals surface area contributed by atoms with Gasteiger partial charge in [0.15, 0.2) is 0 Å². The van der Waals surface area contributed by atoms with Crippen LogP contribution in [0.5, 0.6) is 0 Å². The van der Waals surface area contributed by atoms with E-state index in [1.165, 1.54) is 6.20 Å². The Labute approximate surface area is 109 Å². The van der Waals surface area contributed by atoms with Crippen LogP contribution < -0.4 is 0 Å². The largest absolute Gasteiger partial charge is 0.227 e. The zero-order valence-corrected chi connectivity index (χ0v) is 10.9. The van der Waals surface area contributed by atoms with Gasteiger partial charge in [-0.3, -0.25) is 0 Å². The fraction of sp³-hybridized carbons (Fsp3) is 0.0769. The van der Waals surface area contributed by atoms with Gasteiger partial charge in [-0.25, -0.2) is 4.98 Å². The third-order valence-corrected chi connectivity index (χ3v) is 2.27. The molecule has 2 aromatic rings. The van der Waals surface area contributed by atoms with Gasteiger partial charge in [0.2, 0.25) is 5.95 Å². The molecule has 0 fully saturated rings. The van der Waals surface area contributed by atoms with E-state index in [0.717, 1.165) is 16.7 Å². The van der Waals surface area contributed by atoms with Crippen molar-refractivity contribution in [3.05, 3.63) is 60.5 Å². The first-order chi connectivity index (χ1) is 7.16. The number of aromatic nitrogens is 1. The molecule has 1 aromatic carbocycles. The second-order valence-corrected chi connectivity index (χ2v) is 3.53. The first-order valence-electron chi connectivity index (χ1n) is 4.71. The molecule has 0 N–H and O–H groups in total. The molecule has 1 nitrogen and oxygen atoms in total. The number of halogens is 1. The van der Waals surface area contributed by atoms with Gasteiger partial charge in [-0.05, 0) is 18.6 Å². The Morgan fingerprint density at radius 3 is 2.56 bits per heavy atom. The maximum atomic E-state index is 13.0. The zero-order valence-electron chi connectivity index (χ0n) is 8.90. The molecule has 0 unspecified atom stereocenters. The minimum atomic E-state index is -0.412. The van der Waals surface area contributed by atoms with Crippen LogP contribution in [0.2, 0.25) is 0 Å². The van der Waals surface area contributed by atoms with Gasteiger partial charge in [-0.15, -0.1) is 6.07 Å². The van der Waals surface area contributed by atoms with Crippen LogP contribution in [-0.4, -0.2) is 4.98 Å². The van der Waals surface area contributed by atoms with Gasteiger partial charge in [0.25, 0.3) is 0 Å². The van der Waals surface area contributed by atoms with Gasteiger partial charge < -0.3 is 0 Å². The van der Waals surface area contributed by atoms with Gasteiger partial charge in [0.05, 0.1) is 0 Å². The van der Waals surface area contributed by atoms with Crippen LogP contribution in [0.25, 0.3) is 11.1 Å². The van der Waals surface area contributed by atoms with Crippen LogP contribution in [0.15, 0.2) is 36.5 Å². The third-order valence-electron chi connectivity index (χ3n) is 2.27. The fourth-order valence-corrected chi connectivity index (χ4v) is 1.47. The zero-order chi connectivity index (χ0) is 10.8. The predicted octanol–water partition coefficient (Wildman–Crippen LogP) is 3.38. The summed E-state index contributed by atoms with van der Waals surface area (Å²) >= 11 is 0. The molecule has 0 saturated heterocycles. The molecule has 0 radical (unpaired) electrons. The van der Waals surface area contributed by atoms with Crippen molar-refractivity contribution in [3.63, 3.8) is 0 Å². The maximum Gasteiger partial charge on any atom is 0.215 e. The van der Waals surface area contributed by atoms with Gasteiger partial charge in [0, 0.05) is 32.8 Å². The van der Waals surface area contributed by atoms with E-state index in [0.29, 0.717) is 5.56 Å². The topological polar surface area (TPSA) is 12.9 Å². The molecule has 0 saturated carbocycles. The molecule has 0 aliphatic rings. The summed E-state index contributed by atoms with van der Waals surface area (Å²) in [6.07, 6.45) is 1.54. The van der Waals surface area contributed by atoms with E-state index in [2.05, 4.69) is 11.9 Å². The maximum absolute atomic E-state index is 13.0. The van der Waals surface area contributed by atoms with Crippen LogP contribution in [0.3, 0.4) is 0 Å². The van der Waals surface area contributed by atoms with Crippen molar-refractivity contribution in [2.75, 3.05) is 0 Å². The molecule has 2 rings (SSSR count). The summed E-state index contributed by atoms with van der Waals surface area (Å²) in [6, 6.07) is 9.55. The molecule has 0 bridgehead atoms. The van der Waals surface area contributed by atoms with Crippen LogP contribution >= 0.6 is 0 Å². The number of pyridine rings is 1. The summed E-state index contributed by atoms with van der Waals surface area (Å²) in [5, 5.41) is 0. The van der Waals surface area contributed by atoms with E-state index in [1.807, 2.05) is 24.3 Å². The van der Waals surface area contributed by atoms with Gasteiger partial charge in [-0.1, -0.05) is 11.6 Å². The quantitative estimate of drug-likeness (QED) is 0.446. The third kappa shape index (κ3) is 2.70. The van der Waals surface area contributed by atoms with Crippen molar-refractivity contribution < 1.29 is 25.5 Å². The Hall–Kier alpha value is -1.14. The molecule has 3 heteroatoms. The molecule has 0 amide bonds. The Morgan fingerprint density at radius 2 is 1.94 bits per heavy atom. The normalized spacial score (nSPS) is 9.62. The molecule has 1 heterocycles. The minimum absolute atomic E-state index is 0. The number of benzene rings is 1. The number of aryl methyl sites for hydroxylation is 1. The molecule has 82 valence electrons. The van der Waals surface area contributed by atoms with Crippen LogP contribution in [0, 0.1) is 19.8 Å². The van der Waals surface area contributed by atoms with E-state index in [1.54, 1.807) is 13.0 Å². The van der Waals surface area contributed by atoms with Crippen molar-refractivity contribution >= 4 is 0 Å². The summed E-state index contributed by atoms with van der Waals surface area (Å²) in [5.41, 5.74) is 3.42. The van der Waals surface area contributed by atoms with E-state index >= 15 is 0 Å². The van der Waals surface area contributed by atoms with E-state index < -0.39 is 5.95 Å². The Bertz CT molecular complexity index is 497. The molecule has 0 aliphatic heterocycles. The molecular weight excluding hydrogens is 285 g/mol. The van der Waals surface area contributed by atoms with Crippen LogP contribution in [-0.2, 0) is 21.1 Å². The van der Waals surface area contributed by atoms with Crippen molar-refractivity contribution in [2.24, 2.45) is 0 Å². The van der Waals surface area contributed by atoms with E-state index in [9.17, 15) is 4.39 Å². The second kappa shape index (κ2) is 5.27. The minimum Gasteiger partial charge on any atom is -0.227 e. The molecule has 0 atom stereocenters. The van der Waals surface area contributed by atoms with Crippen LogP contribution in [0.4, 0.5) is 4.39 Å². The number of hydrogen-bond donors (Lipinski definition) is 0. The van der Waals surface area contributed by atoms with Crippen molar-refractivity contribution in [2.45, 2.75) is 6.92 Å². The molecule has 16 heavy (non-hydrogen) atoms. The molecule has 0 aliphatic carbocycles. The first-order valence-corrected chi connectivity index (χ1v) is 4.71. The average Bonchev–Trinajstić information content (AvgIpc) is 2.22. The van der Waals surface area contributed by atoms with E-state index in [4.69, 9.17) is 0 Å². The molecule has 1 aromatic heterocycles. The summed E-state index contributed by atoms with van der Waals surface area (Å²) in [5.74, 6) is -0.412. The smallest absolute Gasteiger partial charge is 0.215 e. The summed E-state index contributed by atoms with van der Waals surface area (Å²) in [6.45, 7) is 5.56. The standard InChI is InChI=1S/C13H11FN.Mo/c1-9-4-3-5-11(6-9)12-7-10(2)13(14)15-8-12;/h3-8H,1H2,2H3;/q-1;. The number of rotatable bonds is 1. The van der Waals surface area contributed by atoms with Gasteiger partial charge >= 0.3 is 0 Å². The molecular formula is C13H11FMoN-. The second-order valence-electron chi connectivity index (χ2n) is 3.53. The van der Waals surface area contributed by atoms with E-state index in [-0.39, 0.29) is 21.1 Å². The van der Waals surface area contributed by atoms with Crippen molar-refractivity contribution in [1.82, 2.24) is 4.98 Å². The number of nitrogens with zero attached hydrogens (tertiary/aromatic N) is 1. The summed E-state index contributed by atoms with van der Waals surface area (Å²) in [4.78, 5) is 3.70. The first kappa shape index (κ1) is 12.9. The summed E-state index contributed by atoms with van der Waals surface area (Å²) in [7, 11) is 0. The number of hydrogen-bond acceptors (Lipinski definition) is 1. The Balaban J connectivity index is 0.00000128. The Morgan fingerprint density at radius 1 is 1.19 bits per heavy atom. The van der Waals surface area contributed by atoms with Gasteiger partial charge in [-0.2, -0.15) is 29.0 Å². The molecule has 0 spiro atoms. The predicted molar refractivity (Wildman–Crippen MR) is 58.8 cm³/mol. The monoisotopic (exact) mass is 298 g/mol. The van der Waals surface area contributed by atoms with Gasteiger partial charge in [0.1, 0.15) is 0 Å². The summed E-state index contributed by atoms with van der Waals surface area (Å²) < 4.78 is 13.0. The Kier molecular flexibility index (Phi) is 4.25.